The molecule has 1 aromatic heterocycles. The van der Waals surface area contributed by atoms with E-state index in [0.29, 0.717) is 0 Å². The molecule has 4 heteroatoms. The van der Waals surface area contributed by atoms with E-state index in [0.717, 1.165) is 17.1 Å². The average Bonchev–Trinajstić information content (AvgIpc) is 2.69. The SMILES string of the molecule is Brc1cncc(CN2CCCN3CCCC3C2)c1. The highest BCUT2D eigenvalue weighted by Gasteiger charge is 2.28. The number of aromatic nitrogens is 1. The van der Waals surface area contributed by atoms with Gasteiger partial charge < -0.3 is 0 Å². The van der Waals surface area contributed by atoms with Crippen molar-refractivity contribution in [1.82, 2.24) is 14.8 Å². The quantitative estimate of drug-likeness (QED) is 0.837. The normalized spacial score (nSPS) is 25.9. The lowest BCUT2D eigenvalue weighted by Crippen LogP contribution is -2.36. The predicted molar refractivity (Wildman–Crippen MR) is 76.4 cm³/mol. The van der Waals surface area contributed by atoms with Crippen LogP contribution in [0.5, 0.6) is 0 Å². The van der Waals surface area contributed by atoms with Crippen molar-refractivity contribution < 1.29 is 0 Å². The molecule has 2 aliphatic rings. The number of hydrogen-bond acceptors (Lipinski definition) is 3. The first-order valence-electron chi connectivity index (χ1n) is 6.87. The van der Waals surface area contributed by atoms with E-state index >= 15 is 0 Å². The van der Waals surface area contributed by atoms with Gasteiger partial charge >= 0.3 is 0 Å². The first-order chi connectivity index (χ1) is 8.81. The van der Waals surface area contributed by atoms with Gasteiger partial charge in [0.25, 0.3) is 0 Å². The molecule has 0 aliphatic carbocycles. The Morgan fingerprint density at radius 2 is 2.11 bits per heavy atom. The molecule has 98 valence electrons. The largest absolute Gasteiger partial charge is 0.299 e. The van der Waals surface area contributed by atoms with E-state index in [9.17, 15) is 0 Å². The van der Waals surface area contributed by atoms with Crippen LogP contribution < -0.4 is 0 Å². The molecule has 0 bridgehead atoms. The van der Waals surface area contributed by atoms with Crippen molar-refractivity contribution in [1.29, 1.82) is 0 Å². The third-order valence-electron chi connectivity index (χ3n) is 4.06. The van der Waals surface area contributed by atoms with Gasteiger partial charge in [0.05, 0.1) is 0 Å². The Hall–Kier alpha value is -0.450. The van der Waals surface area contributed by atoms with Gasteiger partial charge in [-0.05, 0) is 66.5 Å². The van der Waals surface area contributed by atoms with Crippen LogP contribution in [0.4, 0.5) is 0 Å². The van der Waals surface area contributed by atoms with Crippen molar-refractivity contribution in [3.8, 4) is 0 Å². The minimum Gasteiger partial charge on any atom is -0.299 e. The molecule has 1 atom stereocenters. The van der Waals surface area contributed by atoms with E-state index < -0.39 is 0 Å². The maximum atomic E-state index is 4.26. The van der Waals surface area contributed by atoms with Crippen molar-refractivity contribution in [3.63, 3.8) is 0 Å². The summed E-state index contributed by atoms with van der Waals surface area (Å²) in [5.74, 6) is 0. The van der Waals surface area contributed by atoms with Crippen molar-refractivity contribution in [3.05, 3.63) is 28.5 Å². The van der Waals surface area contributed by atoms with Crippen LogP contribution in [-0.4, -0.2) is 47.0 Å². The fourth-order valence-electron chi connectivity index (χ4n) is 3.23. The van der Waals surface area contributed by atoms with E-state index in [4.69, 9.17) is 0 Å². The number of fused-ring (bicyclic) bond motifs is 1. The maximum absolute atomic E-state index is 4.26. The first-order valence-corrected chi connectivity index (χ1v) is 7.66. The maximum Gasteiger partial charge on any atom is 0.0410 e. The molecule has 1 aromatic rings. The molecule has 3 nitrogen and oxygen atoms in total. The fourth-order valence-corrected chi connectivity index (χ4v) is 3.64. The van der Waals surface area contributed by atoms with Gasteiger partial charge in [-0.25, -0.2) is 0 Å². The van der Waals surface area contributed by atoms with Gasteiger partial charge in [-0.1, -0.05) is 0 Å². The molecule has 3 rings (SSSR count). The zero-order chi connectivity index (χ0) is 12.4. The number of halogens is 1. The summed E-state index contributed by atoms with van der Waals surface area (Å²) in [5.41, 5.74) is 1.32. The summed E-state index contributed by atoms with van der Waals surface area (Å²) in [6.45, 7) is 6.09. The molecule has 2 aliphatic heterocycles. The van der Waals surface area contributed by atoms with Crippen molar-refractivity contribution in [2.24, 2.45) is 0 Å². The van der Waals surface area contributed by atoms with Crippen LogP contribution in [0.1, 0.15) is 24.8 Å². The smallest absolute Gasteiger partial charge is 0.0410 e. The highest BCUT2D eigenvalue weighted by molar-refractivity contribution is 9.10. The summed E-state index contributed by atoms with van der Waals surface area (Å²) < 4.78 is 1.08. The summed E-state index contributed by atoms with van der Waals surface area (Å²) in [4.78, 5) is 9.53. The van der Waals surface area contributed by atoms with Crippen LogP contribution >= 0.6 is 15.9 Å². The summed E-state index contributed by atoms with van der Waals surface area (Å²) in [6, 6.07) is 2.98. The van der Waals surface area contributed by atoms with Crippen LogP contribution in [0.25, 0.3) is 0 Å². The molecule has 0 radical (unpaired) electrons. The van der Waals surface area contributed by atoms with E-state index in [1.54, 1.807) is 0 Å². The predicted octanol–water partition coefficient (Wildman–Crippen LogP) is 2.51. The highest BCUT2D eigenvalue weighted by atomic mass is 79.9. The zero-order valence-electron chi connectivity index (χ0n) is 10.7. The monoisotopic (exact) mass is 309 g/mol. The lowest BCUT2D eigenvalue weighted by atomic mass is 10.2. The minimum absolute atomic E-state index is 0.799. The lowest BCUT2D eigenvalue weighted by Gasteiger charge is -2.25. The molecule has 2 saturated heterocycles. The minimum atomic E-state index is 0.799. The van der Waals surface area contributed by atoms with Crippen molar-refractivity contribution >= 4 is 15.9 Å². The third-order valence-corrected chi connectivity index (χ3v) is 4.49. The zero-order valence-corrected chi connectivity index (χ0v) is 12.3. The Bertz CT molecular complexity index is 410. The summed E-state index contributed by atoms with van der Waals surface area (Å²) in [5, 5.41) is 0. The van der Waals surface area contributed by atoms with Crippen LogP contribution in [0.3, 0.4) is 0 Å². The number of rotatable bonds is 2. The summed E-state index contributed by atoms with van der Waals surface area (Å²) in [6.07, 6.45) is 7.91. The number of nitrogens with zero attached hydrogens (tertiary/aromatic N) is 3. The molecule has 0 aromatic carbocycles. The molecule has 2 fully saturated rings. The Morgan fingerprint density at radius 3 is 3.00 bits per heavy atom. The average molecular weight is 310 g/mol. The molecular formula is C14H20BrN3. The third kappa shape index (κ3) is 2.92. The van der Waals surface area contributed by atoms with Crippen LogP contribution in [0.15, 0.2) is 22.9 Å². The van der Waals surface area contributed by atoms with E-state index in [2.05, 4.69) is 36.8 Å². The van der Waals surface area contributed by atoms with Gasteiger partial charge in [-0.2, -0.15) is 0 Å². The fraction of sp³-hybridized carbons (Fsp3) is 0.643. The molecule has 18 heavy (non-hydrogen) atoms. The molecule has 1 unspecified atom stereocenters. The van der Waals surface area contributed by atoms with Gasteiger partial charge in [0.15, 0.2) is 0 Å². The summed E-state index contributed by atoms with van der Waals surface area (Å²) in [7, 11) is 0. The van der Waals surface area contributed by atoms with Gasteiger partial charge in [-0.15, -0.1) is 0 Å². The Balaban J connectivity index is 1.65. The Labute approximate surface area is 117 Å². The Kier molecular flexibility index (Phi) is 3.97. The lowest BCUT2D eigenvalue weighted by molar-refractivity contribution is 0.215. The second kappa shape index (κ2) is 5.68. The van der Waals surface area contributed by atoms with Gasteiger partial charge in [-0.3, -0.25) is 14.8 Å². The topological polar surface area (TPSA) is 19.4 Å². The van der Waals surface area contributed by atoms with Gasteiger partial charge in [0, 0.05) is 36.0 Å². The molecule has 0 saturated carbocycles. The number of hydrogen-bond donors (Lipinski definition) is 0. The number of pyridine rings is 1. The van der Waals surface area contributed by atoms with Crippen LogP contribution in [-0.2, 0) is 6.54 Å². The summed E-state index contributed by atoms with van der Waals surface area (Å²) >= 11 is 3.50. The van der Waals surface area contributed by atoms with Gasteiger partial charge in [0.1, 0.15) is 0 Å². The molecule has 0 N–H and O–H groups in total. The van der Waals surface area contributed by atoms with Crippen molar-refractivity contribution in [2.75, 3.05) is 26.2 Å². The van der Waals surface area contributed by atoms with Crippen LogP contribution in [0, 0.1) is 0 Å². The van der Waals surface area contributed by atoms with Gasteiger partial charge in [0.2, 0.25) is 0 Å². The first kappa shape index (κ1) is 12.6. The van der Waals surface area contributed by atoms with Crippen molar-refractivity contribution in [2.45, 2.75) is 31.8 Å². The second-order valence-corrected chi connectivity index (χ2v) is 6.35. The molecule has 0 amide bonds. The standard InChI is InChI=1S/C14H20BrN3/c15-13-7-12(8-16-9-13)10-17-4-2-6-18-5-1-3-14(18)11-17/h7-9,14H,1-6,10-11H2. The Morgan fingerprint density at radius 1 is 1.22 bits per heavy atom. The van der Waals surface area contributed by atoms with Crippen LogP contribution in [0.2, 0.25) is 0 Å². The molecule has 0 spiro atoms. The molecule has 3 heterocycles. The van der Waals surface area contributed by atoms with E-state index in [1.807, 2.05) is 12.4 Å². The molecular weight excluding hydrogens is 290 g/mol. The van der Waals surface area contributed by atoms with E-state index in [-0.39, 0.29) is 0 Å². The highest BCUT2D eigenvalue weighted by Crippen LogP contribution is 2.22. The second-order valence-electron chi connectivity index (χ2n) is 5.43. The van der Waals surface area contributed by atoms with E-state index in [1.165, 1.54) is 51.0 Å².